The Labute approximate surface area is 123 Å². The van der Waals surface area contributed by atoms with Crippen molar-refractivity contribution in [3.63, 3.8) is 0 Å². The van der Waals surface area contributed by atoms with Crippen molar-refractivity contribution >= 4 is 0 Å². The van der Waals surface area contributed by atoms with Crippen LogP contribution in [0, 0.1) is 0 Å². The van der Waals surface area contributed by atoms with Gasteiger partial charge >= 0.3 is 0 Å². The molecule has 1 saturated heterocycles. The molecule has 20 heavy (non-hydrogen) atoms. The Kier molecular flexibility index (Phi) is 4.55. The lowest BCUT2D eigenvalue weighted by molar-refractivity contribution is -0.171. The highest BCUT2D eigenvalue weighted by atomic mass is 16.7. The summed E-state index contributed by atoms with van der Waals surface area (Å²) in [6.45, 7) is 12.5. The summed E-state index contributed by atoms with van der Waals surface area (Å²) in [6, 6.07) is 6.80. The van der Waals surface area contributed by atoms with Crippen molar-refractivity contribution in [1.29, 1.82) is 0 Å². The van der Waals surface area contributed by atoms with Gasteiger partial charge in [0.15, 0.2) is 5.79 Å². The van der Waals surface area contributed by atoms with E-state index >= 15 is 0 Å². The predicted molar refractivity (Wildman–Crippen MR) is 83.0 cm³/mol. The highest BCUT2D eigenvalue weighted by Gasteiger charge is 2.39. The smallest absolute Gasteiger partial charge is 0.195 e. The van der Waals surface area contributed by atoms with Gasteiger partial charge in [-0.3, -0.25) is 0 Å². The molecule has 1 fully saturated rings. The maximum atomic E-state index is 6.05. The maximum absolute atomic E-state index is 6.05. The Morgan fingerprint density at radius 3 is 2.25 bits per heavy atom. The van der Waals surface area contributed by atoms with Gasteiger partial charge < -0.3 is 9.47 Å². The van der Waals surface area contributed by atoms with E-state index in [1.165, 1.54) is 16.7 Å². The lowest BCUT2D eigenvalue weighted by Crippen LogP contribution is -2.29. The second-order valence-corrected chi connectivity index (χ2v) is 6.68. The predicted octanol–water partition coefficient (Wildman–Crippen LogP) is 4.55. The summed E-state index contributed by atoms with van der Waals surface area (Å²) < 4.78 is 12.1. The highest BCUT2D eigenvalue weighted by Crippen LogP contribution is 2.39. The number of rotatable bonds is 4. The Morgan fingerprint density at radius 1 is 1.10 bits per heavy atom. The molecule has 2 rings (SSSR count). The summed E-state index contributed by atoms with van der Waals surface area (Å²) in [5, 5.41) is 0. The minimum Gasteiger partial charge on any atom is -0.343 e. The zero-order valence-corrected chi connectivity index (χ0v) is 13.6. The van der Waals surface area contributed by atoms with Gasteiger partial charge in [-0.15, -0.1) is 0 Å². The number of hydrogen-bond acceptors (Lipinski definition) is 2. The van der Waals surface area contributed by atoms with Crippen molar-refractivity contribution in [2.45, 2.75) is 65.1 Å². The topological polar surface area (TPSA) is 18.5 Å². The van der Waals surface area contributed by atoms with E-state index in [1.54, 1.807) is 0 Å². The van der Waals surface area contributed by atoms with E-state index in [1.807, 2.05) is 0 Å². The zero-order valence-electron chi connectivity index (χ0n) is 13.6. The second kappa shape index (κ2) is 5.87. The lowest BCUT2D eigenvalue weighted by atomic mass is 9.83. The molecule has 0 amide bonds. The molecule has 2 heteroatoms. The summed E-state index contributed by atoms with van der Waals surface area (Å²) in [5.74, 6) is -0.513. The third-order valence-corrected chi connectivity index (χ3v) is 4.10. The fourth-order valence-corrected chi connectivity index (χ4v) is 2.92. The van der Waals surface area contributed by atoms with Crippen LogP contribution in [0.3, 0.4) is 0 Å². The average molecular weight is 276 g/mol. The first-order chi connectivity index (χ1) is 9.43. The molecule has 0 saturated carbocycles. The van der Waals surface area contributed by atoms with Gasteiger partial charge in [-0.1, -0.05) is 53.2 Å². The van der Waals surface area contributed by atoms with Crippen molar-refractivity contribution in [3.8, 4) is 0 Å². The van der Waals surface area contributed by atoms with Crippen LogP contribution in [0.25, 0.3) is 0 Å². The maximum Gasteiger partial charge on any atom is 0.195 e. The van der Waals surface area contributed by atoms with Crippen LogP contribution in [-0.4, -0.2) is 13.2 Å². The first-order valence-corrected chi connectivity index (χ1v) is 7.84. The second-order valence-electron chi connectivity index (χ2n) is 6.68. The molecule has 1 aromatic carbocycles. The Hall–Kier alpha value is -0.860. The van der Waals surface area contributed by atoms with Gasteiger partial charge in [0, 0.05) is 12.0 Å². The SMILES string of the molecule is CCCC1(c2cc(C(C)(C)C)ccc2CC)OCCO1. The van der Waals surface area contributed by atoms with Crippen molar-refractivity contribution in [2.24, 2.45) is 0 Å². The van der Waals surface area contributed by atoms with E-state index in [9.17, 15) is 0 Å². The minimum atomic E-state index is -0.513. The molecule has 112 valence electrons. The number of benzene rings is 1. The molecule has 1 heterocycles. The van der Waals surface area contributed by atoms with E-state index in [0.717, 1.165) is 19.3 Å². The van der Waals surface area contributed by atoms with Gasteiger partial charge in [0.05, 0.1) is 13.2 Å². The molecule has 0 unspecified atom stereocenters. The summed E-state index contributed by atoms with van der Waals surface area (Å²) in [4.78, 5) is 0. The molecule has 1 aliphatic rings. The van der Waals surface area contributed by atoms with Gasteiger partial charge in [0.1, 0.15) is 0 Å². The third-order valence-electron chi connectivity index (χ3n) is 4.10. The van der Waals surface area contributed by atoms with Gasteiger partial charge in [0.25, 0.3) is 0 Å². The van der Waals surface area contributed by atoms with Crippen LogP contribution >= 0.6 is 0 Å². The summed E-state index contributed by atoms with van der Waals surface area (Å²) in [7, 11) is 0. The van der Waals surface area contributed by atoms with E-state index in [4.69, 9.17) is 9.47 Å². The van der Waals surface area contributed by atoms with Gasteiger partial charge in [-0.25, -0.2) is 0 Å². The monoisotopic (exact) mass is 276 g/mol. The van der Waals surface area contributed by atoms with Gasteiger partial charge in [-0.05, 0) is 29.0 Å². The molecule has 0 aromatic heterocycles. The molecule has 0 N–H and O–H groups in total. The molecule has 0 atom stereocenters. The Morgan fingerprint density at radius 2 is 1.75 bits per heavy atom. The van der Waals surface area contributed by atoms with Crippen molar-refractivity contribution in [3.05, 3.63) is 34.9 Å². The first-order valence-electron chi connectivity index (χ1n) is 7.84. The first kappa shape index (κ1) is 15.5. The van der Waals surface area contributed by atoms with Crippen LogP contribution in [-0.2, 0) is 27.1 Å². The average Bonchev–Trinajstić information content (AvgIpc) is 2.87. The van der Waals surface area contributed by atoms with E-state index in [-0.39, 0.29) is 5.41 Å². The third kappa shape index (κ3) is 2.91. The van der Waals surface area contributed by atoms with Crippen LogP contribution in [0.1, 0.15) is 64.2 Å². The number of hydrogen-bond donors (Lipinski definition) is 0. The molecular formula is C18H28O2. The molecule has 2 nitrogen and oxygen atoms in total. The molecule has 0 aliphatic carbocycles. The Bertz CT molecular complexity index is 451. The molecule has 1 aliphatic heterocycles. The number of ether oxygens (including phenoxy) is 2. The summed E-state index contributed by atoms with van der Waals surface area (Å²) in [5.41, 5.74) is 4.08. The normalized spacial score (nSPS) is 18.4. The molecular weight excluding hydrogens is 248 g/mol. The fraction of sp³-hybridized carbons (Fsp3) is 0.667. The van der Waals surface area contributed by atoms with E-state index in [0.29, 0.717) is 13.2 Å². The Balaban J connectivity index is 2.51. The van der Waals surface area contributed by atoms with Crippen molar-refractivity contribution in [1.82, 2.24) is 0 Å². The van der Waals surface area contributed by atoms with Crippen molar-refractivity contribution < 1.29 is 9.47 Å². The van der Waals surface area contributed by atoms with Crippen molar-refractivity contribution in [2.75, 3.05) is 13.2 Å². The quantitative estimate of drug-likeness (QED) is 0.803. The largest absolute Gasteiger partial charge is 0.343 e. The van der Waals surface area contributed by atoms with E-state index in [2.05, 4.69) is 52.8 Å². The highest BCUT2D eigenvalue weighted by molar-refractivity contribution is 5.38. The molecule has 0 bridgehead atoms. The standard InChI is InChI=1S/C18H28O2/c1-6-10-18(19-11-12-20-18)16-13-15(17(3,4)5)9-8-14(16)7-2/h8-9,13H,6-7,10-12H2,1-5H3. The van der Waals surface area contributed by atoms with Crippen LogP contribution in [0.5, 0.6) is 0 Å². The zero-order chi connectivity index (χ0) is 14.8. The minimum absolute atomic E-state index is 0.146. The molecule has 0 spiro atoms. The summed E-state index contributed by atoms with van der Waals surface area (Å²) in [6.07, 6.45) is 2.99. The van der Waals surface area contributed by atoms with Crippen LogP contribution in [0.15, 0.2) is 18.2 Å². The lowest BCUT2D eigenvalue weighted by Gasteiger charge is -2.31. The van der Waals surface area contributed by atoms with Crippen LogP contribution in [0.4, 0.5) is 0 Å². The number of aryl methyl sites for hydroxylation is 1. The fourth-order valence-electron chi connectivity index (χ4n) is 2.92. The van der Waals surface area contributed by atoms with Gasteiger partial charge in [-0.2, -0.15) is 0 Å². The molecule has 1 aromatic rings. The van der Waals surface area contributed by atoms with E-state index < -0.39 is 5.79 Å². The van der Waals surface area contributed by atoms with Gasteiger partial charge in [0.2, 0.25) is 0 Å². The molecule has 0 radical (unpaired) electrons. The van der Waals surface area contributed by atoms with Crippen LogP contribution in [0.2, 0.25) is 0 Å². The van der Waals surface area contributed by atoms with Crippen LogP contribution < -0.4 is 0 Å². The summed E-state index contributed by atoms with van der Waals surface area (Å²) >= 11 is 0.